The van der Waals surface area contributed by atoms with Crippen LogP contribution in [0.2, 0.25) is 0 Å². The molecule has 1 aromatic heterocycles. The molecule has 32 heavy (non-hydrogen) atoms. The Morgan fingerprint density at radius 1 is 1.06 bits per heavy atom. The van der Waals surface area contributed by atoms with Crippen molar-refractivity contribution in [1.82, 2.24) is 19.8 Å². The summed E-state index contributed by atoms with van der Waals surface area (Å²) in [7, 11) is 0. The minimum absolute atomic E-state index is 0.0373. The van der Waals surface area contributed by atoms with Crippen molar-refractivity contribution < 1.29 is 40.7 Å². The number of aromatic nitrogens is 2. The molecule has 2 fully saturated rings. The number of likely N-dealkylation sites (tertiary alicyclic amines) is 1. The average molecular weight is 466 g/mol. The van der Waals surface area contributed by atoms with Gasteiger partial charge in [0.05, 0.1) is 5.69 Å². The van der Waals surface area contributed by atoms with E-state index < -0.39 is 24.5 Å². The third kappa shape index (κ3) is 4.33. The second-order valence-corrected chi connectivity index (χ2v) is 8.46. The van der Waals surface area contributed by atoms with Gasteiger partial charge in [-0.15, -0.1) is 0 Å². The Morgan fingerprint density at radius 3 is 2.34 bits per heavy atom. The number of piperidine rings is 1. The van der Waals surface area contributed by atoms with Crippen LogP contribution in [-0.2, 0) is 22.5 Å². The van der Waals surface area contributed by atoms with E-state index in [1.165, 1.54) is 6.33 Å². The van der Waals surface area contributed by atoms with Crippen LogP contribution in [0.5, 0.6) is 0 Å². The maximum Gasteiger partial charge on any atom is 0.434 e. The predicted octanol–water partition coefficient (Wildman–Crippen LogP) is 3.09. The van der Waals surface area contributed by atoms with Gasteiger partial charge in [0.1, 0.15) is 6.33 Å². The molecule has 1 atom stereocenters. The fourth-order valence-corrected chi connectivity index (χ4v) is 4.55. The lowest BCUT2D eigenvalue weighted by atomic mass is 9.90. The molecule has 176 valence electrons. The Morgan fingerprint density at radius 2 is 1.72 bits per heavy atom. The van der Waals surface area contributed by atoms with Gasteiger partial charge in [-0.25, -0.2) is 14.8 Å². The van der Waals surface area contributed by atoms with Crippen LogP contribution < -0.4 is 0 Å². The number of ether oxygens (including phenoxy) is 1. The molecule has 7 nitrogen and oxygen atoms in total. The Labute approximate surface area is 178 Å². The summed E-state index contributed by atoms with van der Waals surface area (Å²) >= 11 is 0. The Bertz CT molecular complexity index is 884. The second kappa shape index (κ2) is 7.77. The molecule has 1 unspecified atom stereocenters. The van der Waals surface area contributed by atoms with Crippen molar-refractivity contribution >= 4 is 12.0 Å². The van der Waals surface area contributed by atoms with Gasteiger partial charge in [-0.05, 0) is 24.7 Å². The molecule has 13 heteroatoms. The summed E-state index contributed by atoms with van der Waals surface area (Å²) in [5.74, 6) is -0.310. The Balaban J connectivity index is 1.32. The van der Waals surface area contributed by atoms with Crippen LogP contribution in [0.25, 0.3) is 0 Å². The summed E-state index contributed by atoms with van der Waals surface area (Å²) in [6.07, 6.45) is -12.4. The van der Waals surface area contributed by atoms with Crippen molar-refractivity contribution in [3.05, 3.63) is 23.8 Å². The van der Waals surface area contributed by atoms with Gasteiger partial charge in [0.15, 0.2) is 0 Å². The first-order valence-electron chi connectivity index (χ1n) is 10.1. The molecule has 0 aromatic carbocycles. The molecule has 2 amide bonds. The minimum atomic E-state index is -5.75. The summed E-state index contributed by atoms with van der Waals surface area (Å²) in [5, 5.41) is 0. The van der Waals surface area contributed by atoms with E-state index in [1.54, 1.807) is 11.1 Å². The highest BCUT2D eigenvalue weighted by Gasteiger charge is 2.62. The average Bonchev–Trinajstić information content (AvgIpc) is 3.42. The molecular weight excluding hydrogens is 446 g/mol. The van der Waals surface area contributed by atoms with E-state index in [9.17, 15) is 35.9 Å². The van der Waals surface area contributed by atoms with Crippen LogP contribution in [-0.4, -0.2) is 69.9 Å². The smallest absolute Gasteiger partial charge is 0.426 e. The maximum atomic E-state index is 13.0. The van der Waals surface area contributed by atoms with Crippen molar-refractivity contribution in [2.75, 3.05) is 19.6 Å². The lowest BCUT2D eigenvalue weighted by Crippen LogP contribution is -2.49. The summed E-state index contributed by atoms with van der Waals surface area (Å²) in [5.41, 5.74) is 1.40. The molecule has 0 N–H and O–H groups in total. The predicted molar refractivity (Wildman–Crippen MR) is 94.9 cm³/mol. The third-order valence-electron chi connectivity index (χ3n) is 6.49. The van der Waals surface area contributed by atoms with Crippen LogP contribution in [0.1, 0.15) is 30.5 Å². The fourth-order valence-electron chi connectivity index (χ4n) is 4.55. The van der Waals surface area contributed by atoms with Gasteiger partial charge in [-0.2, -0.15) is 26.3 Å². The summed E-state index contributed by atoms with van der Waals surface area (Å²) in [4.78, 5) is 35.6. The number of rotatable bonds is 2. The van der Waals surface area contributed by atoms with E-state index in [-0.39, 0.29) is 30.3 Å². The molecule has 4 rings (SSSR count). The van der Waals surface area contributed by atoms with Crippen LogP contribution in [0.3, 0.4) is 0 Å². The van der Waals surface area contributed by atoms with E-state index >= 15 is 0 Å². The molecule has 1 saturated heterocycles. The van der Waals surface area contributed by atoms with Crippen LogP contribution in [0.4, 0.5) is 31.1 Å². The molecule has 3 aliphatic rings. The van der Waals surface area contributed by atoms with Gasteiger partial charge in [-0.3, -0.25) is 4.79 Å². The first-order chi connectivity index (χ1) is 14.9. The third-order valence-corrected chi connectivity index (χ3v) is 6.49. The molecule has 2 aliphatic heterocycles. The summed E-state index contributed by atoms with van der Waals surface area (Å²) in [6.45, 7) is 0.782. The summed E-state index contributed by atoms with van der Waals surface area (Å²) < 4.78 is 79.5. The van der Waals surface area contributed by atoms with Gasteiger partial charge in [-0.1, -0.05) is 0 Å². The van der Waals surface area contributed by atoms with E-state index in [0.717, 1.165) is 16.2 Å². The molecular formula is C19H20F6N4O3. The zero-order valence-corrected chi connectivity index (χ0v) is 16.7. The van der Waals surface area contributed by atoms with Crippen molar-refractivity contribution in [1.29, 1.82) is 0 Å². The fraction of sp³-hybridized carbons (Fsp3) is 0.684. The van der Waals surface area contributed by atoms with E-state index in [0.29, 0.717) is 38.8 Å². The van der Waals surface area contributed by atoms with E-state index in [2.05, 4.69) is 14.7 Å². The highest BCUT2D eigenvalue weighted by Crippen LogP contribution is 2.60. The largest absolute Gasteiger partial charge is 0.434 e. The molecule has 0 bridgehead atoms. The second-order valence-electron chi connectivity index (χ2n) is 8.46. The van der Waals surface area contributed by atoms with E-state index in [4.69, 9.17) is 0 Å². The van der Waals surface area contributed by atoms with Crippen molar-refractivity contribution in [3.8, 4) is 0 Å². The molecule has 3 heterocycles. The normalized spacial score (nSPS) is 22.7. The van der Waals surface area contributed by atoms with E-state index in [1.807, 2.05) is 0 Å². The van der Waals surface area contributed by atoms with Gasteiger partial charge < -0.3 is 14.5 Å². The van der Waals surface area contributed by atoms with Gasteiger partial charge in [0.25, 0.3) is 6.10 Å². The molecule has 1 spiro atoms. The quantitative estimate of drug-likeness (QED) is 0.627. The topological polar surface area (TPSA) is 75.6 Å². The highest BCUT2D eigenvalue weighted by atomic mass is 19.4. The number of amides is 2. The van der Waals surface area contributed by atoms with Gasteiger partial charge >= 0.3 is 18.4 Å². The number of hydrogen-bond acceptors (Lipinski definition) is 5. The maximum absolute atomic E-state index is 13.0. The van der Waals surface area contributed by atoms with Crippen LogP contribution in [0, 0.1) is 11.3 Å². The minimum Gasteiger partial charge on any atom is -0.426 e. The van der Waals surface area contributed by atoms with Crippen molar-refractivity contribution in [3.63, 3.8) is 0 Å². The molecule has 0 radical (unpaired) electrons. The summed E-state index contributed by atoms with van der Waals surface area (Å²) in [6, 6.07) is 0. The number of fused-ring (bicyclic) bond motifs is 1. The standard InChI is InChI=1S/C19H20F6N4O3/c20-18(21,22)15(19(23,24)25)32-16(31)28-5-2-17(3-6-28)7-12(17)14(30)29-4-1-13-11(9-29)8-26-10-27-13/h8,10,12,15H,1-7,9H2. The monoisotopic (exact) mass is 466 g/mol. The zero-order chi connectivity index (χ0) is 23.3. The van der Waals surface area contributed by atoms with Crippen molar-refractivity contribution in [2.45, 2.75) is 50.7 Å². The molecule has 1 saturated carbocycles. The van der Waals surface area contributed by atoms with Crippen LogP contribution >= 0.6 is 0 Å². The number of carbonyl (C=O) groups excluding carboxylic acids is 2. The first-order valence-corrected chi connectivity index (χ1v) is 10.1. The number of halogens is 6. The molecule has 1 aromatic rings. The Hall–Kier alpha value is -2.60. The SMILES string of the molecule is O=C(OC(C(F)(F)F)C(F)(F)F)N1CCC2(CC1)CC2C(=O)N1CCc2ncncc2C1. The van der Waals surface area contributed by atoms with Gasteiger partial charge in [0, 0.05) is 50.3 Å². The Kier molecular flexibility index (Phi) is 5.48. The lowest BCUT2D eigenvalue weighted by molar-refractivity contribution is -0.308. The number of carbonyl (C=O) groups is 2. The first kappa shape index (κ1) is 22.6. The lowest BCUT2D eigenvalue weighted by Gasteiger charge is -2.34. The van der Waals surface area contributed by atoms with Gasteiger partial charge in [0.2, 0.25) is 5.91 Å². The zero-order valence-electron chi connectivity index (χ0n) is 16.7. The number of nitrogens with zero attached hydrogens (tertiary/aromatic N) is 4. The highest BCUT2D eigenvalue weighted by molar-refractivity contribution is 5.83. The van der Waals surface area contributed by atoms with Crippen LogP contribution in [0.15, 0.2) is 12.5 Å². The number of alkyl halides is 6. The number of hydrogen-bond donors (Lipinski definition) is 0. The molecule has 1 aliphatic carbocycles. The van der Waals surface area contributed by atoms with Crippen molar-refractivity contribution in [2.24, 2.45) is 11.3 Å².